The number of piperidine rings is 1. The van der Waals surface area contributed by atoms with Gasteiger partial charge in [-0.05, 0) is 18.3 Å². The number of hydrogen-bond donors (Lipinski definition) is 0. The lowest BCUT2D eigenvalue weighted by Gasteiger charge is -2.37. The molecule has 2 heterocycles. The molecule has 0 bridgehead atoms. The Hall–Kier alpha value is -1.42. The van der Waals surface area contributed by atoms with Gasteiger partial charge in [-0.2, -0.15) is 9.36 Å². The quantitative estimate of drug-likeness (QED) is 0.832. The molecule has 0 aliphatic carbocycles. The summed E-state index contributed by atoms with van der Waals surface area (Å²) in [5.74, 6) is 0.851. The van der Waals surface area contributed by atoms with Crippen molar-refractivity contribution < 1.29 is 0 Å². The highest BCUT2D eigenvalue weighted by atomic mass is 32.1. The Labute approximate surface area is 118 Å². The third kappa shape index (κ3) is 2.78. The van der Waals surface area contributed by atoms with Crippen molar-refractivity contribution in [2.75, 3.05) is 18.0 Å². The van der Waals surface area contributed by atoms with Crippen LogP contribution in [0.4, 0.5) is 5.13 Å². The SMILES string of the molecule is CC1(C)CCCN(c2nc(-c3ccccc3)ns2)C1. The van der Waals surface area contributed by atoms with Crippen LogP contribution in [0.1, 0.15) is 26.7 Å². The fourth-order valence-corrected chi connectivity index (χ4v) is 3.35. The van der Waals surface area contributed by atoms with E-state index in [-0.39, 0.29) is 0 Å². The second-order valence-corrected chi connectivity index (χ2v) is 6.69. The lowest BCUT2D eigenvalue weighted by molar-refractivity contribution is 0.293. The Morgan fingerprint density at radius 1 is 1.21 bits per heavy atom. The number of aromatic nitrogens is 2. The molecular formula is C15H19N3S. The van der Waals surface area contributed by atoms with E-state index in [0.29, 0.717) is 5.41 Å². The average molecular weight is 273 g/mol. The first-order chi connectivity index (χ1) is 9.14. The van der Waals surface area contributed by atoms with Crippen molar-refractivity contribution in [3.8, 4) is 11.4 Å². The molecule has 1 saturated heterocycles. The summed E-state index contributed by atoms with van der Waals surface area (Å²) in [5.41, 5.74) is 1.48. The Morgan fingerprint density at radius 2 is 2.00 bits per heavy atom. The van der Waals surface area contributed by atoms with E-state index in [9.17, 15) is 0 Å². The van der Waals surface area contributed by atoms with Crippen LogP contribution in [0.25, 0.3) is 11.4 Å². The molecule has 2 aromatic rings. The minimum Gasteiger partial charge on any atom is -0.346 e. The van der Waals surface area contributed by atoms with E-state index in [4.69, 9.17) is 4.98 Å². The van der Waals surface area contributed by atoms with Crippen LogP contribution in [-0.4, -0.2) is 22.4 Å². The van der Waals surface area contributed by atoms with E-state index in [1.54, 1.807) is 0 Å². The van der Waals surface area contributed by atoms with Crippen molar-refractivity contribution in [1.82, 2.24) is 9.36 Å². The van der Waals surface area contributed by atoms with Gasteiger partial charge in [-0.25, -0.2) is 0 Å². The molecule has 1 aliphatic rings. The Bertz CT molecular complexity index is 548. The fraction of sp³-hybridized carbons (Fsp3) is 0.467. The van der Waals surface area contributed by atoms with Gasteiger partial charge in [-0.15, -0.1) is 0 Å². The van der Waals surface area contributed by atoms with E-state index in [1.165, 1.54) is 24.4 Å². The summed E-state index contributed by atoms with van der Waals surface area (Å²) in [6.07, 6.45) is 2.54. The topological polar surface area (TPSA) is 29.0 Å². The molecule has 3 nitrogen and oxygen atoms in total. The van der Waals surface area contributed by atoms with E-state index >= 15 is 0 Å². The molecule has 100 valence electrons. The average Bonchev–Trinajstić information content (AvgIpc) is 2.88. The number of nitrogens with zero attached hydrogens (tertiary/aromatic N) is 3. The first kappa shape index (κ1) is 12.6. The van der Waals surface area contributed by atoms with Gasteiger partial charge >= 0.3 is 0 Å². The largest absolute Gasteiger partial charge is 0.346 e. The highest BCUT2D eigenvalue weighted by Gasteiger charge is 2.28. The van der Waals surface area contributed by atoms with Crippen molar-refractivity contribution in [2.45, 2.75) is 26.7 Å². The molecule has 1 aromatic heterocycles. The minimum atomic E-state index is 0.386. The highest BCUT2D eigenvalue weighted by Crippen LogP contribution is 2.33. The zero-order valence-electron chi connectivity index (χ0n) is 11.5. The van der Waals surface area contributed by atoms with Crippen LogP contribution in [-0.2, 0) is 0 Å². The molecule has 1 fully saturated rings. The summed E-state index contributed by atoms with van der Waals surface area (Å²) >= 11 is 1.52. The molecule has 0 spiro atoms. The molecule has 0 amide bonds. The number of anilines is 1. The van der Waals surface area contributed by atoms with Crippen LogP contribution in [0.5, 0.6) is 0 Å². The second-order valence-electron chi connectivity index (χ2n) is 5.96. The van der Waals surface area contributed by atoms with Crippen LogP contribution in [0.2, 0.25) is 0 Å². The van der Waals surface area contributed by atoms with Crippen LogP contribution in [0.3, 0.4) is 0 Å². The van der Waals surface area contributed by atoms with Gasteiger partial charge in [0.05, 0.1) is 0 Å². The summed E-state index contributed by atoms with van der Waals surface area (Å²) in [5, 5.41) is 1.06. The van der Waals surface area contributed by atoms with Gasteiger partial charge in [-0.1, -0.05) is 44.2 Å². The van der Waals surface area contributed by atoms with Gasteiger partial charge in [0, 0.05) is 30.2 Å². The smallest absolute Gasteiger partial charge is 0.205 e. The fourth-order valence-electron chi connectivity index (χ4n) is 2.63. The normalized spacial score (nSPS) is 18.5. The van der Waals surface area contributed by atoms with Gasteiger partial charge in [0.1, 0.15) is 0 Å². The molecule has 4 heteroatoms. The number of benzene rings is 1. The Morgan fingerprint density at radius 3 is 2.74 bits per heavy atom. The molecule has 0 unspecified atom stereocenters. The molecule has 3 rings (SSSR count). The van der Waals surface area contributed by atoms with Crippen molar-refractivity contribution >= 4 is 16.7 Å². The molecular weight excluding hydrogens is 254 g/mol. The molecule has 0 saturated carbocycles. The molecule has 0 radical (unpaired) electrons. The molecule has 0 N–H and O–H groups in total. The van der Waals surface area contributed by atoms with E-state index in [1.807, 2.05) is 18.2 Å². The van der Waals surface area contributed by atoms with Crippen molar-refractivity contribution in [2.24, 2.45) is 5.41 Å². The van der Waals surface area contributed by atoms with E-state index in [0.717, 1.165) is 29.6 Å². The van der Waals surface area contributed by atoms with Gasteiger partial charge in [0.15, 0.2) is 5.82 Å². The highest BCUT2D eigenvalue weighted by molar-refractivity contribution is 7.09. The summed E-state index contributed by atoms with van der Waals surface area (Å²) < 4.78 is 4.50. The van der Waals surface area contributed by atoms with Crippen molar-refractivity contribution in [3.63, 3.8) is 0 Å². The Balaban J connectivity index is 1.82. The maximum Gasteiger partial charge on any atom is 0.205 e. The molecule has 1 aliphatic heterocycles. The minimum absolute atomic E-state index is 0.386. The Kier molecular flexibility index (Phi) is 3.27. The predicted octanol–water partition coefficient (Wildman–Crippen LogP) is 3.83. The van der Waals surface area contributed by atoms with Crippen LogP contribution in [0, 0.1) is 5.41 Å². The zero-order chi connectivity index (χ0) is 13.3. The second kappa shape index (κ2) is 4.93. The van der Waals surface area contributed by atoms with Crippen molar-refractivity contribution in [3.05, 3.63) is 30.3 Å². The maximum absolute atomic E-state index is 4.70. The van der Waals surface area contributed by atoms with Crippen molar-refractivity contribution in [1.29, 1.82) is 0 Å². The number of rotatable bonds is 2. The summed E-state index contributed by atoms with van der Waals surface area (Å²) in [6, 6.07) is 10.2. The number of hydrogen-bond acceptors (Lipinski definition) is 4. The van der Waals surface area contributed by atoms with Gasteiger partial charge in [-0.3, -0.25) is 0 Å². The van der Waals surface area contributed by atoms with E-state index in [2.05, 4.69) is 35.3 Å². The predicted molar refractivity (Wildman–Crippen MR) is 80.6 cm³/mol. The van der Waals surface area contributed by atoms with Crippen LogP contribution < -0.4 is 4.90 Å². The molecule has 1 aromatic carbocycles. The van der Waals surface area contributed by atoms with E-state index < -0.39 is 0 Å². The first-order valence-electron chi connectivity index (χ1n) is 6.78. The summed E-state index contributed by atoms with van der Waals surface area (Å²) in [4.78, 5) is 7.09. The first-order valence-corrected chi connectivity index (χ1v) is 7.55. The standard InChI is InChI=1S/C15H19N3S/c1-15(2)9-6-10-18(11-15)14-16-13(17-19-14)12-7-4-3-5-8-12/h3-5,7-8H,6,9-11H2,1-2H3. The van der Waals surface area contributed by atoms with Gasteiger partial charge in [0.25, 0.3) is 0 Å². The lowest BCUT2D eigenvalue weighted by atomic mass is 9.84. The monoisotopic (exact) mass is 273 g/mol. The third-order valence-electron chi connectivity index (χ3n) is 3.62. The summed E-state index contributed by atoms with van der Waals surface area (Å²) in [6.45, 7) is 6.85. The van der Waals surface area contributed by atoms with Gasteiger partial charge in [0.2, 0.25) is 5.13 Å². The van der Waals surface area contributed by atoms with Crippen LogP contribution >= 0.6 is 11.5 Å². The lowest BCUT2D eigenvalue weighted by Crippen LogP contribution is -2.40. The van der Waals surface area contributed by atoms with Gasteiger partial charge < -0.3 is 4.90 Å². The molecule has 0 atom stereocenters. The molecule has 19 heavy (non-hydrogen) atoms. The maximum atomic E-state index is 4.70. The zero-order valence-corrected chi connectivity index (χ0v) is 12.3. The third-order valence-corrected chi connectivity index (χ3v) is 4.40. The van der Waals surface area contributed by atoms with Crippen LogP contribution in [0.15, 0.2) is 30.3 Å². The summed E-state index contributed by atoms with van der Waals surface area (Å²) in [7, 11) is 0.